The molecule has 0 aliphatic carbocycles. The Balaban J connectivity index is 3.35. The minimum absolute atomic E-state index is 0.164. The Kier molecular flexibility index (Phi) is 34.1. The summed E-state index contributed by atoms with van der Waals surface area (Å²) >= 11 is 0. The lowest BCUT2D eigenvalue weighted by molar-refractivity contribution is -0.154. The maximum Gasteiger partial charge on any atom is 0.306 e. The van der Waals surface area contributed by atoms with E-state index < -0.39 is 6.10 Å². The topological polar surface area (TPSA) is 55.8 Å². The summed E-state index contributed by atoms with van der Waals surface area (Å²) in [5.74, 6) is -0.197. The van der Waals surface area contributed by atoms with Gasteiger partial charge in [-0.25, -0.2) is 0 Å². The molecule has 0 aromatic heterocycles. The van der Waals surface area contributed by atoms with Gasteiger partial charge in [0.15, 0.2) is 0 Å². The number of carbonyl (C=O) groups is 1. The summed E-state index contributed by atoms with van der Waals surface area (Å²) in [6.07, 6.45) is 37.1. The lowest BCUT2D eigenvalue weighted by Gasteiger charge is -2.16. The van der Waals surface area contributed by atoms with Gasteiger partial charge in [-0.2, -0.15) is 0 Å². The van der Waals surface area contributed by atoms with Gasteiger partial charge < -0.3 is 14.6 Å². The molecule has 0 bridgehead atoms. The zero-order valence-electron chi connectivity index (χ0n) is 27.4. The molecule has 0 saturated carbocycles. The largest absolute Gasteiger partial charge is 0.457 e. The molecule has 40 heavy (non-hydrogen) atoms. The van der Waals surface area contributed by atoms with E-state index in [-0.39, 0.29) is 12.6 Å². The standard InChI is InChI=1S/C36H72O4/c1-3-5-7-9-11-13-14-15-16-17-18-19-20-21-22-23-25-27-29-31-36(38)40-35(33-37)34-39-32-30-28-26-24-12-10-8-6-4-2/h35,37H,3-34H2,1-2H3. The van der Waals surface area contributed by atoms with Gasteiger partial charge in [0.25, 0.3) is 0 Å². The van der Waals surface area contributed by atoms with Crippen LogP contribution < -0.4 is 0 Å². The van der Waals surface area contributed by atoms with Crippen molar-refractivity contribution in [1.29, 1.82) is 0 Å². The fourth-order valence-corrected chi connectivity index (χ4v) is 5.45. The van der Waals surface area contributed by atoms with Crippen molar-refractivity contribution in [3.8, 4) is 0 Å². The molecular formula is C36H72O4. The van der Waals surface area contributed by atoms with Gasteiger partial charge in [0.1, 0.15) is 6.10 Å². The van der Waals surface area contributed by atoms with E-state index in [0.29, 0.717) is 19.6 Å². The summed E-state index contributed by atoms with van der Waals surface area (Å²) in [6, 6.07) is 0. The molecule has 0 aromatic rings. The van der Waals surface area contributed by atoms with Crippen molar-refractivity contribution in [2.24, 2.45) is 0 Å². The first-order chi connectivity index (χ1) is 19.7. The highest BCUT2D eigenvalue weighted by atomic mass is 16.6. The van der Waals surface area contributed by atoms with E-state index >= 15 is 0 Å². The van der Waals surface area contributed by atoms with Gasteiger partial charge in [-0.3, -0.25) is 4.79 Å². The third kappa shape index (κ3) is 31.9. The molecule has 0 spiro atoms. The van der Waals surface area contributed by atoms with E-state index in [9.17, 15) is 9.90 Å². The Bertz CT molecular complexity index is 481. The van der Waals surface area contributed by atoms with Crippen LogP contribution >= 0.6 is 0 Å². The van der Waals surface area contributed by atoms with E-state index in [2.05, 4.69) is 13.8 Å². The van der Waals surface area contributed by atoms with Gasteiger partial charge in [0.2, 0.25) is 0 Å². The molecule has 4 nitrogen and oxygen atoms in total. The highest BCUT2D eigenvalue weighted by Gasteiger charge is 2.13. The van der Waals surface area contributed by atoms with E-state index in [1.54, 1.807) is 0 Å². The lowest BCUT2D eigenvalue weighted by atomic mass is 10.0. The number of unbranched alkanes of at least 4 members (excludes halogenated alkanes) is 26. The summed E-state index contributed by atoms with van der Waals surface area (Å²) in [7, 11) is 0. The Hall–Kier alpha value is -0.610. The first kappa shape index (κ1) is 39.4. The summed E-state index contributed by atoms with van der Waals surface area (Å²) in [5, 5.41) is 9.51. The quantitative estimate of drug-likeness (QED) is 0.0619. The zero-order valence-corrected chi connectivity index (χ0v) is 27.4. The van der Waals surface area contributed by atoms with Crippen LogP contribution in [0.15, 0.2) is 0 Å². The summed E-state index contributed by atoms with van der Waals surface area (Å²) in [4.78, 5) is 12.1. The molecule has 1 atom stereocenters. The Morgan fingerprint density at radius 2 is 0.825 bits per heavy atom. The number of aliphatic hydroxyl groups excluding tert-OH is 1. The fourth-order valence-electron chi connectivity index (χ4n) is 5.45. The van der Waals surface area contributed by atoms with Crippen LogP contribution in [-0.2, 0) is 14.3 Å². The monoisotopic (exact) mass is 569 g/mol. The third-order valence-electron chi connectivity index (χ3n) is 8.18. The number of ether oxygens (including phenoxy) is 2. The van der Waals surface area contributed by atoms with Crippen molar-refractivity contribution in [3.05, 3.63) is 0 Å². The molecular weight excluding hydrogens is 496 g/mol. The van der Waals surface area contributed by atoms with Gasteiger partial charge >= 0.3 is 5.97 Å². The summed E-state index contributed by atoms with van der Waals surface area (Å²) < 4.78 is 11.1. The van der Waals surface area contributed by atoms with Crippen molar-refractivity contribution >= 4 is 5.97 Å². The normalized spacial score (nSPS) is 12.2. The van der Waals surface area contributed by atoms with Gasteiger partial charge in [-0.1, -0.05) is 181 Å². The molecule has 0 aromatic carbocycles. The highest BCUT2D eigenvalue weighted by Crippen LogP contribution is 2.15. The van der Waals surface area contributed by atoms with Gasteiger partial charge in [0.05, 0.1) is 13.2 Å². The number of hydrogen-bond acceptors (Lipinski definition) is 4. The van der Waals surface area contributed by atoms with E-state index in [1.165, 1.54) is 161 Å². The van der Waals surface area contributed by atoms with Crippen molar-refractivity contribution in [1.82, 2.24) is 0 Å². The van der Waals surface area contributed by atoms with E-state index in [0.717, 1.165) is 19.3 Å². The average molecular weight is 569 g/mol. The van der Waals surface area contributed by atoms with Crippen molar-refractivity contribution in [3.63, 3.8) is 0 Å². The maximum atomic E-state index is 12.1. The van der Waals surface area contributed by atoms with E-state index in [4.69, 9.17) is 9.47 Å². The van der Waals surface area contributed by atoms with Crippen molar-refractivity contribution in [2.75, 3.05) is 19.8 Å². The SMILES string of the molecule is CCCCCCCCCCCCCCCCCCCCCC(=O)OC(CO)COCCCCCCCCCCC. The molecule has 0 fully saturated rings. The molecule has 4 heteroatoms. The number of aliphatic hydroxyl groups is 1. The fraction of sp³-hybridized carbons (Fsp3) is 0.972. The van der Waals surface area contributed by atoms with Crippen molar-refractivity contribution < 1.29 is 19.4 Å². The smallest absolute Gasteiger partial charge is 0.306 e. The first-order valence-corrected chi connectivity index (χ1v) is 18.1. The maximum absolute atomic E-state index is 12.1. The molecule has 0 amide bonds. The molecule has 1 unspecified atom stereocenters. The average Bonchev–Trinajstić information content (AvgIpc) is 2.96. The predicted octanol–water partition coefficient (Wildman–Crippen LogP) is 11.3. The van der Waals surface area contributed by atoms with Crippen LogP contribution in [0.5, 0.6) is 0 Å². The van der Waals surface area contributed by atoms with Crippen molar-refractivity contribution in [2.45, 2.75) is 206 Å². The van der Waals surface area contributed by atoms with Crippen LogP contribution in [0.3, 0.4) is 0 Å². The second-order valence-corrected chi connectivity index (χ2v) is 12.3. The minimum atomic E-state index is -0.522. The molecule has 0 aliphatic heterocycles. The molecule has 0 radical (unpaired) electrons. The Morgan fingerprint density at radius 1 is 0.500 bits per heavy atom. The van der Waals surface area contributed by atoms with Gasteiger partial charge in [-0.05, 0) is 12.8 Å². The molecule has 0 aliphatic rings. The summed E-state index contributed by atoms with van der Waals surface area (Å²) in [5.41, 5.74) is 0. The second-order valence-electron chi connectivity index (χ2n) is 12.3. The third-order valence-corrected chi connectivity index (χ3v) is 8.18. The predicted molar refractivity (Wildman–Crippen MR) is 173 cm³/mol. The zero-order chi connectivity index (χ0) is 29.2. The van der Waals surface area contributed by atoms with Crippen LogP contribution in [0.1, 0.15) is 200 Å². The van der Waals surface area contributed by atoms with Crippen LogP contribution in [0.4, 0.5) is 0 Å². The molecule has 0 heterocycles. The molecule has 240 valence electrons. The number of rotatable bonds is 34. The Morgan fingerprint density at radius 3 is 1.18 bits per heavy atom. The molecule has 1 N–H and O–H groups in total. The van der Waals surface area contributed by atoms with Crippen LogP contribution in [-0.4, -0.2) is 37.0 Å². The van der Waals surface area contributed by atoms with E-state index in [1.807, 2.05) is 0 Å². The van der Waals surface area contributed by atoms with Gasteiger partial charge in [-0.15, -0.1) is 0 Å². The highest BCUT2D eigenvalue weighted by molar-refractivity contribution is 5.69. The minimum Gasteiger partial charge on any atom is -0.457 e. The van der Waals surface area contributed by atoms with Crippen LogP contribution in [0.25, 0.3) is 0 Å². The number of esters is 1. The molecule has 0 saturated heterocycles. The Labute approximate surface area is 251 Å². The van der Waals surface area contributed by atoms with Crippen LogP contribution in [0, 0.1) is 0 Å². The van der Waals surface area contributed by atoms with Crippen LogP contribution in [0.2, 0.25) is 0 Å². The van der Waals surface area contributed by atoms with Gasteiger partial charge in [0, 0.05) is 13.0 Å². The lowest BCUT2D eigenvalue weighted by Crippen LogP contribution is -2.27. The summed E-state index contributed by atoms with van der Waals surface area (Å²) in [6.45, 7) is 5.37. The number of carbonyl (C=O) groups excluding carboxylic acids is 1. The molecule has 0 rings (SSSR count). The number of hydrogen-bond donors (Lipinski definition) is 1. The first-order valence-electron chi connectivity index (χ1n) is 18.1. The second kappa shape index (κ2) is 34.6.